The summed E-state index contributed by atoms with van der Waals surface area (Å²) in [5.41, 5.74) is 3.95. The van der Waals surface area contributed by atoms with Crippen LogP contribution in [-0.2, 0) is 6.42 Å². The van der Waals surface area contributed by atoms with Crippen molar-refractivity contribution in [2.45, 2.75) is 115 Å². The normalized spacial score (nSPS) is 17.4. The van der Waals surface area contributed by atoms with Gasteiger partial charge in [-0.2, -0.15) is 11.8 Å². The Morgan fingerprint density at radius 2 is 1.43 bits per heavy atom. The fourth-order valence-corrected chi connectivity index (χ4v) is 6.75. The predicted octanol–water partition coefficient (Wildman–Crippen LogP) is 10.2. The maximum Gasteiger partial charge on any atom is 0.123 e. The molecule has 2 unspecified atom stereocenters. The predicted molar refractivity (Wildman–Crippen MR) is 151 cm³/mol. The zero-order valence-electron chi connectivity index (χ0n) is 22.0. The smallest absolute Gasteiger partial charge is 0.123 e. The fraction of sp³-hybridized carbons (Fsp3) is 0.625. The number of fused-ring (bicyclic) bond motifs is 1. The molecule has 0 aromatic heterocycles. The molecule has 0 radical (unpaired) electrons. The average Bonchev–Trinajstić information content (AvgIpc) is 2.86. The van der Waals surface area contributed by atoms with E-state index in [1.54, 1.807) is 12.1 Å². The van der Waals surface area contributed by atoms with Gasteiger partial charge in [0.15, 0.2) is 0 Å². The number of thioether (sulfide) groups is 1. The van der Waals surface area contributed by atoms with E-state index in [-0.39, 0.29) is 5.82 Å². The summed E-state index contributed by atoms with van der Waals surface area (Å²) >= 11 is 2.15. The minimum absolute atomic E-state index is 0.160. The molecule has 0 spiro atoms. The van der Waals surface area contributed by atoms with E-state index in [4.69, 9.17) is 0 Å². The quantitative estimate of drug-likeness (QED) is 0.219. The van der Waals surface area contributed by atoms with Crippen LogP contribution in [0.15, 0.2) is 42.5 Å². The summed E-state index contributed by atoms with van der Waals surface area (Å²) in [7, 11) is 0. The van der Waals surface area contributed by atoms with Crippen molar-refractivity contribution in [1.29, 1.82) is 0 Å². The van der Waals surface area contributed by atoms with Crippen molar-refractivity contribution in [3.63, 3.8) is 0 Å². The van der Waals surface area contributed by atoms with Crippen LogP contribution >= 0.6 is 11.8 Å². The van der Waals surface area contributed by atoms with Crippen molar-refractivity contribution in [2.24, 2.45) is 0 Å². The van der Waals surface area contributed by atoms with Gasteiger partial charge in [-0.3, -0.25) is 0 Å². The summed E-state index contributed by atoms with van der Waals surface area (Å²) in [5, 5.41) is 9.96. The summed E-state index contributed by atoms with van der Waals surface area (Å²) < 4.78 is 13.5. The van der Waals surface area contributed by atoms with Crippen molar-refractivity contribution in [2.75, 3.05) is 11.5 Å². The second-order valence-electron chi connectivity index (χ2n) is 10.5. The van der Waals surface area contributed by atoms with Gasteiger partial charge in [0.1, 0.15) is 11.6 Å². The molecule has 194 valence electrons. The minimum Gasteiger partial charge on any atom is -0.508 e. The van der Waals surface area contributed by atoms with Crippen LogP contribution < -0.4 is 0 Å². The molecule has 35 heavy (non-hydrogen) atoms. The number of hydrogen-bond donors (Lipinski definition) is 1. The number of hydrogen-bond acceptors (Lipinski definition) is 2. The third-order valence-electron chi connectivity index (χ3n) is 7.73. The van der Waals surface area contributed by atoms with E-state index in [0.29, 0.717) is 17.6 Å². The molecule has 0 fully saturated rings. The first kappa shape index (κ1) is 28.1. The zero-order valence-corrected chi connectivity index (χ0v) is 22.8. The number of phenolic OH excluding ortho intramolecular Hbond substituents is 1. The highest BCUT2D eigenvalue weighted by Crippen LogP contribution is 2.46. The molecule has 1 aliphatic carbocycles. The van der Waals surface area contributed by atoms with E-state index in [1.165, 1.54) is 112 Å². The molecule has 2 aromatic carbocycles. The second kappa shape index (κ2) is 16.3. The van der Waals surface area contributed by atoms with Crippen LogP contribution in [0.5, 0.6) is 5.75 Å². The molecule has 0 bridgehead atoms. The standard InChI is InChI=1S/C32H47FOS/c1-2-3-4-12-23-35-24-13-10-8-6-5-7-9-11-14-32-30(26-15-18-28(33)19-16-26)21-17-27-25-29(34)20-22-31(27)32/h15-16,18-20,22,25,30,32,34H,2-14,17,21,23-24H2,1H3. The molecule has 1 N–H and O–H groups in total. The molecule has 0 amide bonds. The molecule has 0 saturated heterocycles. The largest absolute Gasteiger partial charge is 0.508 e. The van der Waals surface area contributed by atoms with Crippen LogP contribution in [-0.4, -0.2) is 16.6 Å². The van der Waals surface area contributed by atoms with E-state index in [9.17, 15) is 9.50 Å². The molecule has 0 aliphatic heterocycles. The van der Waals surface area contributed by atoms with Crippen LogP contribution in [0.1, 0.15) is 125 Å². The SMILES string of the molecule is CCCCCCSCCCCCCCCCCC1c2ccc(O)cc2CCC1c1ccc(F)cc1. The van der Waals surface area contributed by atoms with Crippen molar-refractivity contribution < 1.29 is 9.50 Å². The Morgan fingerprint density at radius 1 is 0.800 bits per heavy atom. The van der Waals surface area contributed by atoms with Gasteiger partial charge in [-0.1, -0.05) is 89.3 Å². The lowest BCUT2D eigenvalue weighted by Gasteiger charge is -2.34. The molecule has 0 saturated carbocycles. The number of aromatic hydroxyl groups is 1. The van der Waals surface area contributed by atoms with Gasteiger partial charge < -0.3 is 5.11 Å². The van der Waals surface area contributed by atoms with E-state index in [0.717, 1.165) is 12.8 Å². The van der Waals surface area contributed by atoms with Crippen molar-refractivity contribution in [3.8, 4) is 5.75 Å². The van der Waals surface area contributed by atoms with E-state index in [1.807, 2.05) is 24.3 Å². The molecule has 1 nitrogen and oxygen atoms in total. The van der Waals surface area contributed by atoms with Gasteiger partial charge in [0.05, 0.1) is 0 Å². The van der Waals surface area contributed by atoms with Gasteiger partial charge in [0.25, 0.3) is 0 Å². The Balaban J connectivity index is 1.33. The highest BCUT2D eigenvalue weighted by atomic mass is 32.2. The molecule has 3 rings (SSSR count). The highest BCUT2D eigenvalue weighted by Gasteiger charge is 2.30. The maximum absolute atomic E-state index is 13.5. The zero-order chi connectivity index (χ0) is 24.7. The van der Waals surface area contributed by atoms with Crippen LogP contribution in [0, 0.1) is 5.82 Å². The lowest BCUT2D eigenvalue weighted by Crippen LogP contribution is -2.19. The third-order valence-corrected chi connectivity index (χ3v) is 8.89. The number of unbranched alkanes of at least 4 members (excludes halogenated alkanes) is 10. The van der Waals surface area contributed by atoms with E-state index in [2.05, 4.69) is 24.8 Å². The van der Waals surface area contributed by atoms with Gasteiger partial charge in [-0.15, -0.1) is 0 Å². The molecule has 1 aliphatic rings. The minimum atomic E-state index is -0.160. The first-order chi connectivity index (χ1) is 17.2. The second-order valence-corrected chi connectivity index (χ2v) is 11.7. The van der Waals surface area contributed by atoms with Gasteiger partial charge >= 0.3 is 0 Å². The van der Waals surface area contributed by atoms with Crippen molar-refractivity contribution in [3.05, 3.63) is 65.0 Å². The Hall–Kier alpha value is -1.48. The van der Waals surface area contributed by atoms with Crippen LogP contribution in [0.2, 0.25) is 0 Å². The Bertz CT molecular complexity index is 834. The maximum atomic E-state index is 13.5. The fourth-order valence-electron chi connectivity index (χ4n) is 5.73. The summed E-state index contributed by atoms with van der Waals surface area (Å²) in [6, 6.07) is 13.1. The highest BCUT2D eigenvalue weighted by molar-refractivity contribution is 7.99. The first-order valence-corrected chi connectivity index (χ1v) is 15.5. The van der Waals surface area contributed by atoms with Crippen molar-refractivity contribution >= 4 is 11.8 Å². The number of aryl methyl sites for hydroxylation is 1. The Labute approximate surface area is 218 Å². The van der Waals surface area contributed by atoms with Gasteiger partial charge in [0.2, 0.25) is 0 Å². The topological polar surface area (TPSA) is 20.2 Å². The van der Waals surface area contributed by atoms with Crippen LogP contribution in [0.3, 0.4) is 0 Å². The summed E-state index contributed by atoms with van der Waals surface area (Å²) in [6.07, 6.45) is 19.6. The van der Waals surface area contributed by atoms with Crippen LogP contribution in [0.4, 0.5) is 4.39 Å². The average molecular weight is 499 g/mol. The van der Waals surface area contributed by atoms with E-state index >= 15 is 0 Å². The molecule has 0 heterocycles. The van der Waals surface area contributed by atoms with Gasteiger partial charge in [-0.25, -0.2) is 4.39 Å². The van der Waals surface area contributed by atoms with Gasteiger partial charge in [0, 0.05) is 0 Å². The van der Waals surface area contributed by atoms with E-state index < -0.39 is 0 Å². The molecular weight excluding hydrogens is 451 g/mol. The summed E-state index contributed by atoms with van der Waals surface area (Å²) in [5.74, 6) is 3.82. The van der Waals surface area contributed by atoms with Crippen LogP contribution in [0.25, 0.3) is 0 Å². The molecule has 3 heteroatoms. The molecular formula is C32H47FOS. The Morgan fingerprint density at radius 3 is 2.11 bits per heavy atom. The first-order valence-electron chi connectivity index (χ1n) is 14.3. The number of rotatable bonds is 17. The Kier molecular flexibility index (Phi) is 13.1. The van der Waals surface area contributed by atoms with Gasteiger partial charge in [-0.05, 0) is 96.4 Å². The lowest BCUT2D eigenvalue weighted by molar-refractivity contribution is 0.424. The number of phenols is 1. The molecule has 2 aromatic rings. The summed E-state index contributed by atoms with van der Waals surface area (Å²) in [4.78, 5) is 0. The summed E-state index contributed by atoms with van der Waals surface area (Å²) in [6.45, 7) is 2.28. The van der Waals surface area contributed by atoms with Crippen molar-refractivity contribution in [1.82, 2.24) is 0 Å². The third kappa shape index (κ3) is 9.83. The number of halogens is 1. The molecule has 2 atom stereocenters. The number of benzene rings is 2. The lowest BCUT2D eigenvalue weighted by atomic mass is 9.70. The monoisotopic (exact) mass is 498 g/mol.